The van der Waals surface area contributed by atoms with Gasteiger partial charge >= 0.3 is 0 Å². The lowest BCUT2D eigenvalue weighted by molar-refractivity contribution is 0.444. The molecule has 0 spiro atoms. The quantitative estimate of drug-likeness (QED) is 0.513. The summed E-state index contributed by atoms with van der Waals surface area (Å²) in [5.74, 6) is 1.64. The molecule has 1 aromatic carbocycles. The van der Waals surface area contributed by atoms with Gasteiger partial charge in [0.25, 0.3) is 0 Å². The van der Waals surface area contributed by atoms with E-state index in [4.69, 9.17) is 4.74 Å². The first-order valence-electron chi connectivity index (χ1n) is 5.09. The van der Waals surface area contributed by atoms with E-state index in [0.29, 0.717) is 0 Å². The highest BCUT2D eigenvalue weighted by Crippen LogP contribution is 2.13. The fourth-order valence-corrected chi connectivity index (χ4v) is 1.10. The Morgan fingerprint density at radius 1 is 1.33 bits per heavy atom. The zero-order chi connectivity index (χ0) is 10.9. The molecule has 1 aromatic rings. The molecule has 0 N–H and O–H groups in total. The van der Waals surface area contributed by atoms with E-state index < -0.39 is 0 Å². The monoisotopic (exact) mass is 200 g/mol. The summed E-state index contributed by atoms with van der Waals surface area (Å²) in [5.41, 5.74) is 0. The molecule has 0 radical (unpaired) electrons. The van der Waals surface area contributed by atoms with Crippen LogP contribution >= 0.6 is 0 Å². The van der Waals surface area contributed by atoms with Crippen molar-refractivity contribution in [3.8, 4) is 5.75 Å². The third-order valence-electron chi connectivity index (χ3n) is 1.78. The van der Waals surface area contributed by atoms with E-state index in [1.54, 1.807) is 6.08 Å². The molecule has 0 aliphatic heterocycles. The molecule has 0 bridgehead atoms. The van der Waals surface area contributed by atoms with Crippen molar-refractivity contribution >= 4 is 0 Å². The van der Waals surface area contributed by atoms with E-state index in [0.717, 1.165) is 17.9 Å². The Kier molecular flexibility index (Phi) is 5.02. The van der Waals surface area contributed by atoms with Crippen molar-refractivity contribution in [1.82, 2.24) is 0 Å². The van der Waals surface area contributed by atoms with Crippen LogP contribution in [0.3, 0.4) is 0 Å². The lowest BCUT2D eigenvalue weighted by Crippen LogP contribution is -1.91. The van der Waals surface area contributed by atoms with Crippen molar-refractivity contribution in [1.29, 1.82) is 0 Å². The summed E-state index contributed by atoms with van der Waals surface area (Å²) < 4.78 is 5.66. The van der Waals surface area contributed by atoms with Gasteiger partial charge in [-0.15, -0.1) is 0 Å². The summed E-state index contributed by atoms with van der Waals surface area (Å²) in [4.78, 5) is 0. The fourth-order valence-electron chi connectivity index (χ4n) is 1.10. The molecule has 0 unspecified atom stereocenters. The van der Waals surface area contributed by atoms with Gasteiger partial charge in [0.1, 0.15) is 11.5 Å². The van der Waals surface area contributed by atoms with E-state index >= 15 is 0 Å². The number of para-hydroxylation sites is 1. The maximum atomic E-state index is 5.66. The maximum absolute atomic E-state index is 5.66. The van der Waals surface area contributed by atoms with Crippen LogP contribution < -0.4 is 4.74 Å². The Labute approximate surface area is 91.4 Å². The summed E-state index contributed by atoms with van der Waals surface area (Å²) in [7, 11) is 0. The molecule has 0 amide bonds. The molecule has 1 rings (SSSR count). The predicted molar refractivity (Wildman–Crippen MR) is 64.8 cm³/mol. The molecule has 1 nitrogen and oxygen atoms in total. The van der Waals surface area contributed by atoms with Crippen molar-refractivity contribution in [2.45, 2.75) is 13.3 Å². The van der Waals surface area contributed by atoms with E-state index in [1.807, 2.05) is 42.5 Å². The number of ether oxygens (including phenoxy) is 1. The van der Waals surface area contributed by atoms with E-state index in [2.05, 4.69) is 19.6 Å². The van der Waals surface area contributed by atoms with Gasteiger partial charge in [0, 0.05) is 0 Å². The molecule has 0 aromatic heterocycles. The van der Waals surface area contributed by atoms with Gasteiger partial charge in [0.15, 0.2) is 0 Å². The van der Waals surface area contributed by atoms with Crippen LogP contribution in [0.15, 0.2) is 67.0 Å². The third kappa shape index (κ3) is 4.32. The highest BCUT2D eigenvalue weighted by Gasteiger charge is 1.94. The first-order valence-corrected chi connectivity index (χ1v) is 5.09. The first kappa shape index (κ1) is 11.3. The van der Waals surface area contributed by atoms with Crippen LogP contribution in [0.5, 0.6) is 5.75 Å². The minimum Gasteiger partial charge on any atom is -0.457 e. The Morgan fingerprint density at radius 2 is 2.07 bits per heavy atom. The molecule has 0 aliphatic carbocycles. The molecule has 78 valence electrons. The molecule has 1 heteroatoms. The van der Waals surface area contributed by atoms with Crippen LogP contribution in [-0.2, 0) is 0 Å². The van der Waals surface area contributed by atoms with Crippen molar-refractivity contribution in [3.63, 3.8) is 0 Å². The molecule has 0 atom stereocenters. The molecule has 0 fully saturated rings. The zero-order valence-electron chi connectivity index (χ0n) is 9.02. The smallest absolute Gasteiger partial charge is 0.127 e. The van der Waals surface area contributed by atoms with Gasteiger partial charge < -0.3 is 4.74 Å². The summed E-state index contributed by atoms with van der Waals surface area (Å²) in [5, 5.41) is 0. The molecule has 0 heterocycles. The number of allylic oxidation sites excluding steroid dienone is 4. The maximum Gasteiger partial charge on any atom is 0.127 e. The van der Waals surface area contributed by atoms with Crippen molar-refractivity contribution in [2.24, 2.45) is 0 Å². The predicted octanol–water partition coefficient (Wildman–Crippen LogP) is 4.10. The number of rotatable bonds is 5. The second kappa shape index (κ2) is 6.66. The largest absolute Gasteiger partial charge is 0.457 e. The lowest BCUT2D eigenvalue weighted by atomic mass is 10.3. The van der Waals surface area contributed by atoms with Crippen LogP contribution in [0.2, 0.25) is 0 Å². The number of hydrogen-bond donors (Lipinski definition) is 0. The molecular weight excluding hydrogens is 184 g/mol. The second-order valence-corrected chi connectivity index (χ2v) is 3.03. The van der Waals surface area contributed by atoms with Crippen LogP contribution in [0.1, 0.15) is 13.3 Å². The van der Waals surface area contributed by atoms with Gasteiger partial charge in [-0.25, -0.2) is 0 Å². The Hall–Kier alpha value is -1.76. The van der Waals surface area contributed by atoms with Crippen LogP contribution in [0, 0.1) is 0 Å². The first-order chi connectivity index (χ1) is 7.36. The van der Waals surface area contributed by atoms with Crippen molar-refractivity contribution < 1.29 is 4.74 Å². The summed E-state index contributed by atoms with van der Waals surface area (Å²) in [6.07, 6.45) is 8.57. The molecule has 15 heavy (non-hydrogen) atoms. The van der Waals surface area contributed by atoms with Gasteiger partial charge in [-0.1, -0.05) is 43.9 Å². The minimum absolute atomic E-state index is 0.804. The van der Waals surface area contributed by atoms with E-state index in [-0.39, 0.29) is 0 Å². The third-order valence-corrected chi connectivity index (χ3v) is 1.78. The molecule has 0 aliphatic rings. The molecular formula is C14H16O. The minimum atomic E-state index is 0.804. The van der Waals surface area contributed by atoms with Gasteiger partial charge in [-0.2, -0.15) is 0 Å². The second-order valence-electron chi connectivity index (χ2n) is 3.03. The highest BCUT2D eigenvalue weighted by molar-refractivity contribution is 5.27. The van der Waals surface area contributed by atoms with Gasteiger partial charge in [0.2, 0.25) is 0 Å². The van der Waals surface area contributed by atoms with Crippen molar-refractivity contribution in [2.75, 3.05) is 0 Å². The summed E-state index contributed by atoms with van der Waals surface area (Å²) in [6.45, 7) is 5.75. The van der Waals surface area contributed by atoms with Crippen molar-refractivity contribution in [3.05, 3.63) is 67.0 Å². The SMILES string of the molecule is C=C/C=C(\C=C/CC)Oc1ccccc1. The summed E-state index contributed by atoms with van der Waals surface area (Å²) in [6, 6.07) is 9.72. The average Bonchev–Trinajstić information content (AvgIpc) is 2.28. The van der Waals surface area contributed by atoms with Crippen LogP contribution in [0.4, 0.5) is 0 Å². The number of benzene rings is 1. The van der Waals surface area contributed by atoms with Gasteiger partial charge in [-0.05, 0) is 30.7 Å². The van der Waals surface area contributed by atoms with Crippen LogP contribution in [0.25, 0.3) is 0 Å². The van der Waals surface area contributed by atoms with Gasteiger partial charge in [-0.3, -0.25) is 0 Å². The Balaban J connectivity index is 2.72. The molecule has 0 saturated heterocycles. The normalized spacial score (nSPS) is 11.7. The Morgan fingerprint density at radius 3 is 2.67 bits per heavy atom. The lowest BCUT2D eigenvalue weighted by Gasteiger charge is -2.05. The zero-order valence-corrected chi connectivity index (χ0v) is 9.02. The van der Waals surface area contributed by atoms with Gasteiger partial charge in [0.05, 0.1) is 0 Å². The Bertz CT molecular complexity index is 347. The fraction of sp³-hybridized carbons (Fsp3) is 0.143. The molecule has 0 saturated carbocycles. The highest BCUT2D eigenvalue weighted by atomic mass is 16.5. The standard InChI is InChI=1S/C14H16O/c1-3-5-10-13(9-4-2)15-14-11-7-6-8-12-14/h4-12H,2-3H2,1H3/b10-5-,13-9+. The van der Waals surface area contributed by atoms with E-state index in [9.17, 15) is 0 Å². The number of hydrogen-bond acceptors (Lipinski definition) is 1. The summed E-state index contributed by atoms with van der Waals surface area (Å²) >= 11 is 0. The van der Waals surface area contributed by atoms with Crippen LogP contribution in [-0.4, -0.2) is 0 Å². The topological polar surface area (TPSA) is 9.23 Å². The average molecular weight is 200 g/mol. The van der Waals surface area contributed by atoms with E-state index in [1.165, 1.54) is 0 Å².